The number of hydrogen-bond donors (Lipinski definition) is 0. The van der Waals surface area contributed by atoms with Crippen LogP contribution in [0, 0.1) is 0 Å². The van der Waals surface area contributed by atoms with Crippen LogP contribution in [0.25, 0.3) is 23.1 Å². The largest absolute Gasteiger partial charge is 0.493 e. The fourth-order valence-electron chi connectivity index (χ4n) is 3.51. The van der Waals surface area contributed by atoms with Crippen molar-refractivity contribution < 1.29 is 14.2 Å². The van der Waals surface area contributed by atoms with E-state index in [2.05, 4.69) is 11.0 Å². The number of aromatic nitrogens is 1. The molecule has 4 rings (SSSR count). The summed E-state index contributed by atoms with van der Waals surface area (Å²) in [4.78, 5) is 7.08. The zero-order valence-electron chi connectivity index (χ0n) is 16.8. The highest BCUT2D eigenvalue weighted by Gasteiger charge is 2.16. The number of fused-ring (bicyclic) bond motifs is 1. The van der Waals surface area contributed by atoms with Gasteiger partial charge in [-0.25, -0.2) is 4.98 Å². The second-order valence-electron chi connectivity index (χ2n) is 6.90. The molecule has 0 radical (unpaired) electrons. The van der Waals surface area contributed by atoms with Gasteiger partial charge < -0.3 is 19.1 Å². The first-order chi connectivity index (χ1) is 14.6. The highest BCUT2D eigenvalue weighted by atomic mass is 35.5. The van der Waals surface area contributed by atoms with Crippen molar-refractivity contribution in [3.8, 4) is 11.5 Å². The molecule has 2 heterocycles. The normalized spacial score (nSPS) is 14.5. The van der Waals surface area contributed by atoms with Crippen LogP contribution in [-0.2, 0) is 4.74 Å². The number of benzene rings is 2. The first-order valence-electron chi connectivity index (χ1n) is 9.61. The van der Waals surface area contributed by atoms with Gasteiger partial charge in [0.2, 0.25) is 0 Å². The number of anilines is 1. The summed E-state index contributed by atoms with van der Waals surface area (Å²) >= 11 is 12.6. The molecule has 0 saturated carbocycles. The van der Waals surface area contributed by atoms with E-state index < -0.39 is 0 Å². The SMILES string of the molecule is COc1ccc(/C=C/c2cc(N3CCOCC3)c3cc(Cl)c(Cl)cc3n2)cc1OC. The number of morpholine rings is 1. The molecule has 1 aliphatic heterocycles. The van der Waals surface area contributed by atoms with E-state index in [4.69, 9.17) is 42.4 Å². The van der Waals surface area contributed by atoms with Gasteiger partial charge in [-0.15, -0.1) is 0 Å². The second-order valence-corrected chi connectivity index (χ2v) is 7.71. The van der Waals surface area contributed by atoms with Gasteiger partial charge in [0.1, 0.15) is 0 Å². The molecular weight excluding hydrogens is 423 g/mol. The van der Waals surface area contributed by atoms with Crippen molar-refractivity contribution in [2.45, 2.75) is 0 Å². The van der Waals surface area contributed by atoms with E-state index in [0.29, 0.717) is 34.8 Å². The summed E-state index contributed by atoms with van der Waals surface area (Å²) in [7, 11) is 3.25. The first kappa shape index (κ1) is 20.8. The average molecular weight is 445 g/mol. The van der Waals surface area contributed by atoms with Crippen molar-refractivity contribution in [1.29, 1.82) is 0 Å². The Morgan fingerprint density at radius 3 is 2.40 bits per heavy atom. The third kappa shape index (κ3) is 4.33. The Morgan fingerprint density at radius 2 is 1.67 bits per heavy atom. The van der Waals surface area contributed by atoms with Crippen LogP contribution in [0.3, 0.4) is 0 Å². The number of pyridine rings is 1. The third-order valence-corrected chi connectivity index (χ3v) is 5.78. The van der Waals surface area contributed by atoms with Crippen molar-refractivity contribution in [1.82, 2.24) is 4.98 Å². The molecule has 0 spiro atoms. The Balaban J connectivity index is 1.75. The van der Waals surface area contributed by atoms with Crippen LogP contribution in [0.1, 0.15) is 11.3 Å². The summed E-state index contributed by atoms with van der Waals surface area (Å²) in [6.07, 6.45) is 3.98. The number of halogens is 2. The van der Waals surface area contributed by atoms with Crippen LogP contribution < -0.4 is 14.4 Å². The van der Waals surface area contributed by atoms with Crippen LogP contribution >= 0.6 is 23.2 Å². The predicted molar refractivity (Wildman–Crippen MR) is 123 cm³/mol. The lowest BCUT2D eigenvalue weighted by molar-refractivity contribution is 0.123. The first-order valence-corrected chi connectivity index (χ1v) is 10.4. The number of ether oxygens (including phenoxy) is 3. The third-order valence-electron chi connectivity index (χ3n) is 5.05. The molecule has 1 saturated heterocycles. The number of rotatable bonds is 5. The summed E-state index contributed by atoms with van der Waals surface area (Å²) in [5.74, 6) is 1.38. The molecule has 7 heteroatoms. The standard InChI is InChI=1S/C23H22Cl2N2O3/c1-28-22-6-4-15(11-23(22)29-2)3-5-16-12-21(27-7-9-30-10-8-27)17-13-18(24)19(25)14-20(17)26-16/h3-6,11-14H,7-10H2,1-2H3/b5-3+. The maximum atomic E-state index is 6.29. The fraction of sp³-hybridized carbons (Fsp3) is 0.261. The van der Waals surface area contributed by atoms with E-state index in [1.807, 2.05) is 42.5 Å². The number of nitrogens with zero attached hydrogens (tertiary/aromatic N) is 2. The molecule has 30 heavy (non-hydrogen) atoms. The van der Waals surface area contributed by atoms with E-state index in [0.717, 1.165) is 40.9 Å². The maximum Gasteiger partial charge on any atom is 0.161 e. The highest BCUT2D eigenvalue weighted by Crippen LogP contribution is 2.34. The van der Waals surface area contributed by atoms with E-state index >= 15 is 0 Å². The quantitative estimate of drug-likeness (QED) is 0.514. The van der Waals surface area contributed by atoms with Gasteiger partial charge in [-0.05, 0) is 42.0 Å². The summed E-state index contributed by atoms with van der Waals surface area (Å²) in [6.45, 7) is 3.03. The summed E-state index contributed by atoms with van der Waals surface area (Å²) in [5, 5.41) is 1.99. The molecule has 0 atom stereocenters. The molecule has 0 N–H and O–H groups in total. The molecule has 5 nitrogen and oxygen atoms in total. The monoisotopic (exact) mass is 444 g/mol. The van der Waals surface area contributed by atoms with E-state index in [9.17, 15) is 0 Å². The number of methoxy groups -OCH3 is 2. The lowest BCUT2D eigenvalue weighted by Crippen LogP contribution is -2.36. The van der Waals surface area contributed by atoms with Gasteiger partial charge in [-0.1, -0.05) is 35.3 Å². The minimum absolute atomic E-state index is 0.491. The molecule has 0 amide bonds. The fourth-order valence-corrected chi connectivity index (χ4v) is 3.83. The second kappa shape index (κ2) is 9.13. The van der Waals surface area contributed by atoms with Crippen molar-refractivity contribution >= 4 is 51.9 Å². The minimum Gasteiger partial charge on any atom is -0.493 e. The van der Waals surface area contributed by atoms with Gasteiger partial charge >= 0.3 is 0 Å². The van der Waals surface area contributed by atoms with Crippen LogP contribution in [0.5, 0.6) is 11.5 Å². The maximum absolute atomic E-state index is 6.29. The van der Waals surface area contributed by atoms with Crippen molar-refractivity contribution in [3.63, 3.8) is 0 Å². The average Bonchev–Trinajstić information content (AvgIpc) is 2.78. The molecule has 156 valence electrons. The molecular formula is C23H22Cl2N2O3. The molecule has 0 bridgehead atoms. The van der Waals surface area contributed by atoms with Crippen LogP contribution in [0.15, 0.2) is 36.4 Å². The van der Waals surface area contributed by atoms with Gasteiger partial charge in [-0.3, -0.25) is 0 Å². The zero-order chi connectivity index (χ0) is 21.1. The zero-order valence-corrected chi connectivity index (χ0v) is 18.3. The van der Waals surface area contributed by atoms with Crippen molar-refractivity contribution in [2.75, 3.05) is 45.4 Å². The van der Waals surface area contributed by atoms with Gasteiger partial charge in [-0.2, -0.15) is 0 Å². The topological polar surface area (TPSA) is 43.8 Å². The molecule has 1 aromatic heterocycles. The molecule has 1 aliphatic rings. The predicted octanol–water partition coefficient (Wildman–Crippen LogP) is 5.57. The highest BCUT2D eigenvalue weighted by molar-refractivity contribution is 6.42. The summed E-state index contributed by atoms with van der Waals surface area (Å²) in [5.41, 5.74) is 3.70. The Labute approximate surface area is 185 Å². The summed E-state index contributed by atoms with van der Waals surface area (Å²) < 4.78 is 16.2. The molecule has 3 aromatic rings. The lowest BCUT2D eigenvalue weighted by atomic mass is 10.1. The van der Waals surface area contributed by atoms with E-state index in [1.165, 1.54) is 0 Å². The Bertz CT molecular complexity index is 1100. The molecule has 0 aliphatic carbocycles. The van der Waals surface area contributed by atoms with Crippen LogP contribution in [-0.4, -0.2) is 45.5 Å². The molecule has 2 aromatic carbocycles. The Hall–Kier alpha value is -2.47. The van der Waals surface area contributed by atoms with E-state index in [-0.39, 0.29) is 0 Å². The number of hydrogen-bond acceptors (Lipinski definition) is 5. The van der Waals surface area contributed by atoms with Gasteiger partial charge in [0.05, 0.1) is 48.7 Å². The van der Waals surface area contributed by atoms with E-state index in [1.54, 1.807) is 14.2 Å². The Kier molecular flexibility index (Phi) is 6.32. The van der Waals surface area contributed by atoms with Crippen LogP contribution in [0.2, 0.25) is 10.0 Å². The van der Waals surface area contributed by atoms with Gasteiger partial charge in [0.25, 0.3) is 0 Å². The van der Waals surface area contributed by atoms with Crippen molar-refractivity contribution in [3.05, 3.63) is 57.7 Å². The van der Waals surface area contributed by atoms with Gasteiger partial charge in [0.15, 0.2) is 11.5 Å². The minimum atomic E-state index is 0.491. The van der Waals surface area contributed by atoms with Crippen molar-refractivity contribution in [2.24, 2.45) is 0 Å². The lowest BCUT2D eigenvalue weighted by Gasteiger charge is -2.30. The molecule has 1 fully saturated rings. The van der Waals surface area contributed by atoms with Crippen LogP contribution in [0.4, 0.5) is 5.69 Å². The van der Waals surface area contributed by atoms with Gasteiger partial charge in [0, 0.05) is 24.2 Å². The summed E-state index contributed by atoms with van der Waals surface area (Å²) in [6, 6.07) is 11.6. The smallest absolute Gasteiger partial charge is 0.161 e. The Morgan fingerprint density at radius 1 is 0.933 bits per heavy atom. The molecule has 0 unspecified atom stereocenters.